The molecule has 0 spiro atoms. The van der Waals surface area contributed by atoms with E-state index in [0.29, 0.717) is 5.56 Å². The van der Waals surface area contributed by atoms with E-state index < -0.39 is 10.1 Å². The maximum atomic E-state index is 11.2. The Bertz CT molecular complexity index is 358. The van der Waals surface area contributed by atoms with Gasteiger partial charge in [0, 0.05) is 0 Å². The number of aliphatic hydroxyl groups is 1. The fourth-order valence-electron chi connectivity index (χ4n) is 0.984. The van der Waals surface area contributed by atoms with Gasteiger partial charge < -0.3 is 5.11 Å². The van der Waals surface area contributed by atoms with Gasteiger partial charge >= 0.3 is 0 Å². The van der Waals surface area contributed by atoms with Crippen molar-refractivity contribution in [2.45, 2.75) is 5.75 Å². The molecule has 1 N–H and O–H groups in total. The van der Waals surface area contributed by atoms with Crippen molar-refractivity contribution in [3.8, 4) is 0 Å². The predicted octanol–water partition coefficient (Wildman–Crippen LogP) is 0.525. The molecule has 1 aromatic rings. The largest absolute Gasteiger partial charge is 0.394 e. The molecule has 0 heterocycles. The summed E-state index contributed by atoms with van der Waals surface area (Å²) in [5, 5.41) is 8.41. The minimum Gasteiger partial charge on any atom is -0.394 e. The molecule has 0 radical (unpaired) electrons. The van der Waals surface area contributed by atoms with E-state index in [2.05, 4.69) is 4.18 Å². The van der Waals surface area contributed by atoms with Crippen molar-refractivity contribution in [3.63, 3.8) is 0 Å². The van der Waals surface area contributed by atoms with E-state index in [9.17, 15) is 8.42 Å². The minimum absolute atomic E-state index is 0.159. The first-order valence-corrected chi connectivity index (χ1v) is 5.74. The van der Waals surface area contributed by atoms with Gasteiger partial charge in [-0.05, 0) is 5.56 Å². The lowest BCUT2D eigenvalue weighted by atomic mass is 10.2. The number of benzene rings is 1. The van der Waals surface area contributed by atoms with Gasteiger partial charge in [0.2, 0.25) is 0 Å². The average Bonchev–Trinajstić information content (AvgIpc) is 2.16. The fourth-order valence-corrected chi connectivity index (χ4v) is 2.00. The second-order valence-electron chi connectivity index (χ2n) is 2.73. The number of hydrogen-bond donors (Lipinski definition) is 1. The van der Waals surface area contributed by atoms with E-state index >= 15 is 0 Å². The highest BCUT2D eigenvalue weighted by Crippen LogP contribution is 2.06. The molecular weight excluding hydrogens is 204 g/mol. The number of aliphatic hydroxyl groups excluding tert-OH is 1. The molecule has 14 heavy (non-hydrogen) atoms. The molecule has 0 fully saturated rings. The third kappa shape index (κ3) is 3.87. The highest BCUT2D eigenvalue weighted by Gasteiger charge is 2.11. The molecule has 0 aromatic heterocycles. The summed E-state index contributed by atoms with van der Waals surface area (Å²) in [6.07, 6.45) is 0. The topological polar surface area (TPSA) is 63.6 Å². The average molecular weight is 216 g/mol. The van der Waals surface area contributed by atoms with Gasteiger partial charge in [-0.3, -0.25) is 4.18 Å². The van der Waals surface area contributed by atoms with Gasteiger partial charge in [0.05, 0.1) is 13.2 Å². The molecular formula is C9H12O4S. The zero-order valence-electron chi connectivity index (χ0n) is 7.59. The highest BCUT2D eigenvalue weighted by molar-refractivity contribution is 7.85. The summed E-state index contributed by atoms with van der Waals surface area (Å²) in [5.74, 6) is -0.159. The van der Waals surface area contributed by atoms with Crippen LogP contribution in [0.3, 0.4) is 0 Å². The smallest absolute Gasteiger partial charge is 0.271 e. The number of rotatable bonds is 5. The van der Waals surface area contributed by atoms with Crippen LogP contribution in [0, 0.1) is 0 Å². The van der Waals surface area contributed by atoms with Gasteiger partial charge in [-0.2, -0.15) is 8.42 Å². The molecule has 0 aliphatic carbocycles. The van der Waals surface area contributed by atoms with Gasteiger partial charge in [0.1, 0.15) is 5.75 Å². The lowest BCUT2D eigenvalue weighted by Gasteiger charge is -2.03. The Balaban J connectivity index is 2.60. The highest BCUT2D eigenvalue weighted by atomic mass is 32.2. The lowest BCUT2D eigenvalue weighted by molar-refractivity contribution is 0.205. The van der Waals surface area contributed by atoms with Gasteiger partial charge in [0.25, 0.3) is 10.1 Å². The SMILES string of the molecule is O=S(=O)(Cc1ccccc1)OCCO. The van der Waals surface area contributed by atoms with Crippen LogP contribution >= 0.6 is 0 Å². The first-order chi connectivity index (χ1) is 6.64. The summed E-state index contributed by atoms with van der Waals surface area (Å²) in [4.78, 5) is 0. The van der Waals surface area contributed by atoms with Crippen LogP contribution in [0.4, 0.5) is 0 Å². The van der Waals surface area contributed by atoms with E-state index in [1.165, 1.54) is 0 Å². The Kier molecular flexibility index (Phi) is 4.06. The van der Waals surface area contributed by atoms with Crippen molar-refractivity contribution in [1.82, 2.24) is 0 Å². The Labute approximate surface area is 83.3 Å². The van der Waals surface area contributed by atoms with Crippen molar-refractivity contribution in [2.24, 2.45) is 0 Å². The van der Waals surface area contributed by atoms with Gasteiger partial charge in [0.15, 0.2) is 0 Å². The van der Waals surface area contributed by atoms with Crippen molar-refractivity contribution >= 4 is 10.1 Å². The van der Waals surface area contributed by atoms with Crippen molar-refractivity contribution in [1.29, 1.82) is 0 Å². The molecule has 0 unspecified atom stereocenters. The molecule has 0 saturated heterocycles. The first-order valence-electron chi connectivity index (χ1n) is 4.16. The van der Waals surface area contributed by atoms with Crippen LogP contribution in [-0.4, -0.2) is 26.7 Å². The summed E-state index contributed by atoms with van der Waals surface area (Å²) in [6, 6.07) is 8.75. The summed E-state index contributed by atoms with van der Waals surface area (Å²) in [5.41, 5.74) is 0.672. The summed E-state index contributed by atoms with van der Waals surface area (Å²) < 4.78 is 27.0. The summed E-state index contributed by atoms with van der Waals surface area (Å²) >= 11 is 0. The zero-order valence-corrected chi connectivity index (χ0v) is 8.40. The fraction of sp³-hybridized carbons (Fsp3) is 0.333. The standard InChI is InChI=1S/C9H12O4S/c10-6-7-13-14(11,12)8-9-4-2-1-3-5-9/h1-5,10H,6-8H2. The second-order valence-corrected chi connectivity index (χ2v) is 4.37. The molecule has 0 atom stereocenters. The molecule has 0 aliphatic heterocycles. The summed E-state index contributed by atoms with van der Waals surface area (Å²) in [6.45, 7) is -0.483. The molecule has 0 bridgehead atoms. The molecule has 78 valence electrons. The van der Waals surface area contributed by atoms with E-state index in [1.54, 1.807) is 24.3 Å². The Morgan fingerprint density at radius 3 is 2.43 bits per heavy atom. The molecule has 0 amide bonds. The van der Waals surface area contributed by atoms with Crippen LogP contribution < -0.4 is 0 Å². The van der Waals surface area contributed by atoms with Gasteiger partial charge in [-0.15, -0.1) is 0 Å². The molecule has 5 heteroatoms. The van der Waals surface area contributed by atoms with Crippen molar-refractivity contribution in [3.05, 3.63) is 35.9 Å². The Hall–Kier alpha value is -0.910. The minimum atomic E-state index is -3.56. The first kappa shape index (κ1) is 11.2. The van der Waals surface area contributed by atoms with E-state index in [0.717, 1.165) is 0 Å². The molecule has 1 rings (SSSR count). The van der Waals surface area contributed by atoms with Crippen molar-refractivity contribution < 1.29 is 17.7 Å². The van der Waals surface area contributed by atoms with Crippen LogP contribution in [0.15, 0.2) is 30.3 Å². The number of hydrogen-bond acceptors (Lipinski definition) is 4. The summed E-state index contributed by atoms with van der Waals surface area (Å²) in [7, 11) is -3.56. The Morgan fingerprint density at radius 1 is 1.21 bits per heavy atom. The van der Waals surface area contributed by atoms with Crippen LogP contribution in [0.2, 0.25) is 0 Å². The van der Waals surface area contributed by atoms with E-state index in [4.69, 9.17) is 5.11 Å². The zero-order chi connectivity index (χ0) is 10.4. The maximum Gasteiger partial charge on any atom is 0.271 e. The van der Waals surface area contributed by atoms with E-state index in [-0.39, 0.29) is 19.0 Å². The molecule has 4 nitrogen and oxygen atoms in total. The monoisotopic (exact) mass is 216 g/mol. The molecule has 0 aliphatic rings. The second kappa shape index (κ2) is 5.09. The maximum absolute atomic E-state index is 11.2. The quantitative estimate of drug-likeness (QED) is 0.729. The molecule has 1 aromatic carbocycles. The van der Waals surface area contributed by atoms with Crippen LogP contribution in [-0.2, 0) is 20.1 Å². The van der Waals surface area contributed by atoms with Gasteiger partial charge in [-0.1, -0.05) is 30.3 Å². The Morgan fingerprint density at radius 2 is 1.86 bits per heavy atom. The third-order valence-corrected chi connectivity index (χ3v) is 2.75. The third-order valence-electron chi connectivity index (χ3n) is 1.54. The van der Waals surface area contributed by atoms with E-state index in [1.807, 2.05) is 6.07 Å². The predicted molar refractivity (Wildman–Crippen MR) is 52.1 cm³/mol. The normalized spacial score (nSPS) is 11.5. The van der Waals surface area contributed by atoms with Crippen molar-refractivity contribution in [2.75, 3.05) is 13.2 Å². The molecule has 0 saturated carbocycles. The van der Waals surface area contributed by atoms with Crippen LogP contribution in [0.25, 0.3) is 0 Å². The van der Waals surface area contributed by atoms with Crippen LogP contribution in [0.1, 0.15) is 5.56 Å². The van der Waals surface area contributed by atoms with Gasteiger partial charge in [-0.25, -0.2) is 0 Å². The lowest BCUT2D eigenvalue weighted by Crippen LogP contribution is -2.11. The van der Waals surface area contributed by atoms with Crippen LogP contribution in [0.5, 0.6) is 0 Å².